The van der Waals surface area contributed by atoms with Gasteiger partial charge >= 0.3 is 6.03 Å². The van der Waals surface area contributed by atoms with Gasteiger partial charge in [0.05, 0.1) is 17.3 Å². The molecule has 1 N–H and O–H groups in total. The quantitative estimate of drug-likeness (QED) is 0.391. The van der Waals surface area contributed by atoms with E-state index in [0.717, 1.165) is 10.4 Å². The first-order valence-electron chi connectivity index (χ1n) is 10.2. The molecular weight excluding hydrogens is 465 g/mol. The first-order chi connectivity index (χ1) is 15.3. The van der Waals surface area contributed by atoms with Gasteiger partial charge in [-0.2, -0.15) is 0 Å². The van der Waals surface area contributed by atoms with Crippen molar-refractivity contribution < 1.29 is 9.59 Å². The van der Waals surface area contributed by atoms with E-state index in [0.29, 0.717) is 28.8 Å². The number of urea groups is 1. The Morgan fingerprint density at radius 3 is 2.38 bits per heavy atom. The number of hydrogen-bond donors (Lipinski definition) is 1. The molecule has 0 bridgehead atoms. The number of carbonyl (C=O) groups is 2. The number of amides is 3. The molecule has 3 amide bonds. The minimum atomic E-state index is -0.395. The lowest BCUT2D eigenvalue weighted by Crippen LogP contribution is -2.47. The largest absolute Gasteiger partial charge is 0.332 e. The summed E-state index contributed by atoms with van der Waals surface area (Å²) in [5.41, 5.74) is 1.48. The van der Waals surface area contributed by atoms with E-state index in [-0.39, 0.29) is 18.5 Å². The van der Waals surface area contributed by atoms with Crippen LogP contribution in [-0.4, -0.2) is 34.3 Å². The Hall–Kier alpha value is -2.54. The monoisotopic (exact) mass is 489 g/mol. The van der Waals surface area contributed by atoms with Gasteiger partial charge in [0.15, 0.2) is 0 Å². The number of anilines is 1. The van der Waals surface area contributed by atoms with Crippen molar-refractivity contribution in [3.8, 4) is 0 Å². The molecule has 0 spiro atoms. The normalized spacial score (nSPS) is 10.8. The number of nitrogens with one attached hydrogen (secondary N) is 1. The highest BCUT2D eigenvalue weighted by Crippen LogP contribution is 2.26. The third-order valence-corrected chi connectivity index (χ3v) is 6.27. The molecule has 0 aliphatic rings. The molecule has 168 valence electrons. The van der Waals surface area contributed by atoms with Crippen LogP contribution in [0.15, 0.2) is 66.0 Å². The molecule has 0 aliphatic carbocycles. The van der Waals surface area contributed by atoms with Crippen LogP contribution in [0.4, 0.5) is 10.5 Å². The van der Waals surface area contributed by atoms with Gasteiger partial charge in [0.2, 0.25) is 5.91 Å². The van der Waals surface area contributed by atoms with Crippen LogP contribution in [0.5, 0.6) is 0 Å². The number of benzene rings is 2. The fourth-order valence-corrected chi connectivity index (χ4v) is 4.31. The summed E-state index contributed by atoms with van der Waals surface area (Å²) in [6, 6.07) is 18.1. The van der Waals surface area contributed by atoms with Crippen LogP contribution in [0.3, 0.4) is 0 Å². The molecule has 0 fully saturated rings. The summed E-state index contributed by atoms with van der Waals surface area (Å²) < 4.78 is 0. The van der Waals surface area contributed by atoms with Crippen LogP contribution >= 0.6 is 34.5 Å². The second kappa shape index (κ2) is 11.4. The smallest absolute Gasteiger partial charge is 0.322 e. The van der Waals surface area contributed by atoms with Crippen molar-refractivity contribution in [2.45, 2.75) is 33.0 Å². The van der Waals surface area contributed by atoms with Crippen LogP contribution in [0, 0.1) is 0 Å². The summed E-state index contributed by atoms with van der Waals surface area (Å²) >= 11 is 13.7. The highest BCUT2D eigenvalue weighted by molar-refractivity contribution is 7.09. The van der Waals surface area contributed by atoms with Gasteiger partial charge in [0.25, 0.3) is 0 Å². The second-order valence-electron chi connectivity index (χ2n) is 7.59. The Balaban J connectivity index is 1.75. The number of carbonyl (C=O) groups excluding carboxylic acids is 2. The maximum atomic E-state index is 13.3. The van der Waals surface area contributed by atoms with Gasteiger partial charge in [-0.05, 0) is 49.1 Å². The molecule has 0 unspecified atom stereocenters. The zero-order valence-electron chi connectivity index (χ0n) is 17.9. The SMILES string of the molecule is CC(C)N(CC(=O)N(Cc1ccccc1)Cc1cccs1)C(=O)Nc1ccc(Cl)cc1Cl. The Bertz CT molecular complexity index is 1040. The molecule has 0 saturated heterocycles. The molecular formula is C24H25Cl2N3O2S. The minimum absolute atomic E-state index is 0.0487. The first-order valence-corrected chi connectivity index (χ1v) is 11.8. The van der Waals surface area contributed by atoms with Crippen molar-refractivity contribution in [2.75, 3.05) is 11.9 Å². The second-order valence-corrected chi connectivity index (χ2v) is 9.47. The van der Waals surface area contributed by atoms with Gasteiger partial charge in [0, 0.05) is 22.5 Å². The highest BCUT2D eigenvalue weighted by Gasteiger charge is 2.24. The minimum Gasteiger partial charge on any atom is -0.332 e. The van der Waals surface area contributed by atoms with E-state index in [1.165, 1.54) is 4.90 Å². The molecule has 0 aliphatic heterocycles. The summed E-state index contributed by atoms with van der Waals surface area (Å²) in [6.45, 7) is 4.65. The molecule has 32 heavy (non-hydrogen) atoms. The predicted octanol–water partition coefficient (Wildman–Crippen LogP) is 6.53. The molecule has 3 rings (SSSR count). The molecule has 3 aromatic rings. The Kier molecular flexibility index (Phi) is 8.56. The van der Waals surface area contributed by atoms with Gasteiger partial charge in [-0.1, -0.05) is 59.6 Å². The third-order valence-electron chi connectivity index (χ3n) is 4.86. The molecule has 2 aromatic carbocycles. The topological polar surface area (TPSA) is 52.7 Å². The number of halogens is 2. The van der Waals surface area contributed by atoms with E-state index in [4.69, 9.17) is 23.2 Å². The molecule has 0 saturated carbocycles. The predicted molar refractivity (Wildman–Crippen MR) is 132 cm³/mol. The molecule has 1 heterocycles. The maximum absolute atomic E-state index is 13.3. The van der Waals surface area contributed by atoms with Crippen molar-refractivity contribution in [3.05, 3.63) is 86.5 Å². The van der Waals surface area contributed by atoms with Crippen LogP contribution < -0.4 is 5.32 Å². The van der Waals surface area contributed by atoms with Crippen LogP contribution in [-0.2, 0) is 17.9 Å². The van der Waals surface area contributed by atoms with Crippen molar-refractivity contribution in [2.24, 2.45) is 0 Å². The number of nitrogens with zero attached hydrogens (tertiary/aromatic N) is 2. The number of thiophene rings is 1. The van der Waals surface area contributed by atoms with Gasteiger partial charge in [-0.3, -0.25) is 4.79 Å². The maximum Gasteiger partial charge on any atom is 0.322 e. The molecule has 8 heteroatoms. The summed E-state index contributed by atoms with van der Waals surface area (Å²) in [7, 11) is 0. The highest BCUT2D eigenvalue weighted by atomic mass is 35.5. The van der Waals surface area contributed by atoms with E-state index in [1.54, 1.807) is 34.4 Å². The van der Waals surface area contributed by atoms with Crippen molar-refractivity contribution in [1.82, 2.24) is 9.80 Å². The molecule has 5 nitrogen and oxygen atoms in total. The van der Waals surface area contributed by atoms with E-state index < -0.39 is 6.03 Å². The standard InChI is InChI=1S/C24H25Cl2N3O2S/c1-17(2)29(24(31)27-22-11-10-19(25)13-21(22)26)16-23(30)28(15-20-9-6-12-32-20)14-18-7-4-3-5-8-18/h3-13,17H,14-16H2,1-2H3,(H,27,31). The van der Waals surface area contributed by atoms with Gasteiger partial charge in [-0.15, -0.1) is 11.3 Å². The zero-order valence-corrected chi connectivity index (χ0v) is 20.3. The van der Waals surface area contributed by atoms with Gasteiger partial charge in [-0.25, -0.2) is 4.79 Å². The van der Waals surface area contributed by atoms with Crippen molar-refractivity contribution in [3.63, 3.8) is 0 Å². The van der Waals surface area contributed by atoms with Crippen LogP contribution in [0.2, 0.25) is 10.0 Å². The number of rotatable bonds is 8. The lowest BCUT2D eigenvalue weighted by Gasteiger charge is -2.30. The Morgan fingerprint density at radius 1 is 1.00 bits per heavy atom. The molecule has 0 radical (unpaired) electrons. The lowest BCUT2D eigenvalue weighted by molar-refractivity contribution is -0.133. The first kappa shape index (κ1) is 24.1. The summed E-state index contributed by atoms with van der Waals surface area (Å²) in [5.74, 6) is -0.131. The van der Waals surface area contributed by atoms with Gasteiger partial charge in [0.1, 0.15) is 6.54 Å². The summed E-state index contributed by atoms with van der Waals surface area (Å²) in [6.07, 6.45) is 0. The Labute approximate surface area is 202 Å². The molecule has 0 atom stereocenters. The summed E-state index contributed by atoms with van der Waals surface area (Å²) in [4.78, 5) is 30.7. The number of hydrogen-bond acceptors (Lipinski definition) is 3. The van der Waals surface area contributed by atoms with Crippen LogP contribution in [0.1, 0.15) is 24.3 Å². The summed E-state index contributed by atoms with van der Waals surface area (Å²) in [5, 5.41) is 5.59. The van der Waals surface area contributed by atoms with Crippen LogP contribution in [0.25, 0.3) is 0 Å². The Morgan fingerprint density at radius 2 is 1.75 bits per heavy atom. The zero-order chi connectivity index (χ0) is 23.1. The van der Waals surface area contributed by atoms with Gasteiger partial charge < -0.3 is 15.1 Å². The van der Waals surface area contributed by atoms with Crippen molar-refractivity contribution >= 4 is 52.2 Å². The van der Waals surface area contributed by atoms with Crippen molar-refractivity contribution in [1.29, 1.82) is 0 Å². The average molecular weight is 490 g/mol. The fourth-order valence-electron chi connectivity index (χ4n) is 3.14. The van der Waals surface area contributed by atoms with E-state index in [2.05, 4.69) is 5.32 Å². The van der Waals surface area contributed by atoms with E-state index in [9.17, 15) is 9.59 Å². The third kappa shape index (κ3) is 6.73. The van der Waals surface area contributed by atoms with E-state index in [1.807, 2.05) is 61.7 Å². The molecule has 1 aromatic heterocycles. The average Bonchev–Trinajstić information content (AvgIpc) is 3.27. The lowest BCUT2D eigenvalue weighted by atomic mass is 10.2. The fraction of sp³-hybridized carbons (Fsp3) is 0.250. The van der Waals surface area contributed by atoms with E-state index >= 15 is 0 Å².